The molecule has 0 bridgehead atoms. The maximum Gasteiger partial charge on any atom is 0.259 e. The molecule has 6 nitrogen and oxygen atoms in total. The largest absolute Gasteiger partial charge is 0.494 e. The van der Waals surface area contributed by atoms with Gasteiger partial charge in [-0.3, -0.25) is 14.8 Å². The van der Waals surface area contributed by atoms with Gasteiger partial charge in [0.15, 0.2) is 5.82 Å². The van der Waals surface area contributed by atoms with Crippen LogP contribution in [0.4, 0.5) is 0 Å². The van der Waals surface area contributed by atoms with Crippen molar-refractivity contribution >= 4 is 22.5 Å². The highest BCUT2D eigenvalue weighted by atomic mass is 35.5. The molecule has 0 spiro atoms. The first-order valence-corrected chi connectivity index (χ1v) is 9.24. The Labute approximate surface area is 166 Å². The van der Waals surface area contributed by atoms with Gasteiger partial charge in [-0.15, -0.1) is 0 Å². The smallest absolute Gasteiger partial charge is 0.259 e. The molecule has 4 aromatic rings. The molecule has 3 heterocycles. The first-order chi connectivity index (χ1) is 13.7. The molecular formula is C21H17ClN4O2. The van der Waals surface area contributed by atoms with Crippen molar-refractivity contribution in [2.45, 2.75) is 12.8 Å². The molecule has 4 rings (SSSR count). The Morgan fingerprint density at radius 2 is 1.89 bits per heavy atom. The van der Waals surface area contributed by atoms with Gasteiger partial charge in [-0.2, -0.15) is 0 Å². The third-order valence-corrected chi connectivity index (χ3v) is 4.50. The maximum absolute atomic E-state index is 12.5. The van der Waals surface area contributed by atoms with Gasteiger partial charge in [0.05, 0.1) is 17.5 Å². The molecular weight excluding hydrogens is 376 g/mol. The van der Waals surface area contributed by atoms with Crippen molar-refractivity contribution in [2.24, 2.45) is 0 Å². The van der Waals surface area contributed by atoms with Gasteiger partial charge < -0.3 is 9.72 Å². The molecule has 0 amide bonds. The first-order valence-electron chi connectivity index (χ1n) is 8.87. The molecule has 140 valence electrons. The van der Waals surface area contributed by atoms with E-state index in [0.29, 0.717) is 39.8 Å². The maximum atomic E-state index is 12.5. The predicted octanol–water partition coefficient (Wildman–Crippen LogP) is 4.05. The van der Waals surface area contributed by atoms with Crippen LogP contribution in [-0.4, -0.2) is 26.5 Å². The summed E-state index contributed by atoms with van der Waals surface area (Å²) < 4.78 is 5.80. The van der Waals surface area contributed by atoms with E-state index in [9.17, 15) is 4.79 Å². The minimum Gasteiger partial charge on any atom is -0.494 e. The Balaban J connectivity index is 1.49. The molecule has 0 aliphatic heterocycles. The minimum absolute atomic E-state index is 0.246. The highest BCUT2D eigenvalue weighted by Gasteiger charge is 2.09. The average molecular weight is 393 g/mol. The van der Waals surface area contributed by atoms with E-state index < -0.39 is 0 Å². The van der Waals surface area contributed by atoms with Gasteiger partial charge in [0.1, 0.15) is 11.4 Å². The van der Waals surface area contributed by atoms with Gasteiger partial charge in [0.2, 0.25) is 0 Å². The number of hydrogen-bond acceptors (Lipinski definition) is 5. The van der Waals surface area contributed by atoms with Crippen LogP contribution in [-0.2, 0) is 6.42 Å². The van der Waals surface area contributed by atoms with Crippen molar-refractivity contribution in [1.82, 2.24) is 19.9 Å². The van der Waals surface area contributed by atoms with Crippen molar-refractivity contribution < 1.29 is 4.74 Å². The second-order valence-corrected chi connectivity index (χ2v) is 6.70. The highest BCUT2D eigenvalue weighted by Crippen LogP contribution is 2.21. The minimum atomic E-state index is -0.246. The Bertz CT molecular complexity index is 1160. The number of aryl methyl sites for hydroxylation is 1. The zero-order valence-electron chi connectivity index (χ0n) is 14.9. The van der Waals surface area contributed by atoms with Gasteiger partial charge in [0.25, 0.3) is 5.56 Å². The van der Waals surface area contributed by atoms with E-state index >= 15 is 0 Å². The molecule has 28 heavy (non-hydrogen) atoms. The van der Waals surface area contributed by atoms with E-state index in [1.165, 1.54) is 5.56 Å². The Kier molecular flexibility index (Phi) is 5.30. The third-order valence-electron chi connectivity index (χ3n) is 4.27. The number of hydrogen-bond donors (Lipinski definition) is 1. The van der Waals surface area contributed by atoms with E-state index in [1.54, 1.807) is 42.9 Å². The number of halogens is 1. The topological polar surface area (TPSA) is 80.8 Å². The van der Waals surface area contributed by atoms with Crippen molar-refractivity contribution in [2.75, 3.05) is 6.61 Å². The monoisotopic (exact) mass is 392 g/mol. The van der Waals surface area contributed by atoms with Crippen LogP contribution in [0.2, 0.25) is 5.02 Å². The zero-order chi connectivity index (χ0) is 19.3. The van der Waals surface area contributed by atoms with Crippen molar-refractivity contribution in [3.8, 4) is 17.3 Å². The van der Waals surface area contributed by atoms with Crippen molar-refractivity contribution in [3.63, 3.8) is 0 Å². The summed E-state index contributed by atoms with van der Waals surface area (Å²) in [6, 6.07) is 12.6. The molecule has 7 heteroatoms. The highest BCUT2D eigenvalue weighted by molar-refractivity contribution is 6.30. The first kappa shape index (κ1) is 18.1. The number of fused-ring (bicyclic) bond motifs is 1. The van der Waals surface area contributed by atoms with E-state index in [4.69, 9.17) is 16.3 Å². The molecule has 0 aliphatic carbocycles. The molecule has 1 N–H and O–H groups in total. The molecule has 0 aliphatic rings. The van der Waals surface area contributed by atoms with Crippen molar-refractivity contribution in [3.05, 3.63) is 82.0 Å². The molecule has 0 atom stereocenters. The Morgan fingerprint density at radius 3 is 2.71 bits per heavy atom. The Morgan fingerprint density at radius 1 is 1.04 bits per heavy atom. The summed E-state index contributed by atoms with van der Waals surface area (Å²) in [6.45, 7) is 0.559. The van der Waals surface area contributed by atoms with Crippen LogP contribution in [0.5, 0.6) is 5.75 Å². The number of nitrogens with one attached hydrogen (secondary N) is 1. The summed E-state index contributed by atoms with van der Waals surface area (Å²) in [7, 11) is 0. The fourth-order valence-electron chi connectivity index (χ4n) is 2.88. The summed E-state index contributed by atoms with van der Waals surface area (Å²) >= 11 is 5.99. The van der Waals surface area contributed by atoms with E-state index in [1.807, 2.05) is 18.2 Å². The van der Waals surface area contributed by atoms with E-state index in [2.05, 4.69) is 19.9 Å². The summed E-state index contributed by atoms with van der Waals surface area (Å²) in [5.41, 5.74) is 2.07. The van der Waals surface area contributed by atoms with Gasteiger partial charge in [-0.1, -0.05) is 11.6 Å². The second kappa shape index (κ2) is 8.19. The van der Waals surface area contributed by atoms with Gasteiger partial charge in [-0.05, 0) is 60.9 Å². The summed E-state index contributed by atoms with van der Waals surface area (Å²) in [4.78, 5) is 28.0. The third kappa shape index (κ3) is 4.18. The number of aromatic nitrogens is 4. The number of pyridine rings is 2. The Hall–Kier alpha value is -3.25. The standard InChI is InChI=1S/C21H17ClN4O2/c22-15-7-10-24-19(12-15)20-25-18-4-3-16(13-17(18)21(27)26-20)28-11-1-2-14-5-8-23-9-6-14/h3-10,12-13H,1-2,11H2,(H,25,26,27). The van der Waals surface area contributed by atoms with Crippen LogP contribution in [0.15, 0.2) is 65.8 Å². The fraction of sp³-hybridized carbons (Fsp3) is 0.143. The molecule has 0 radical (unpaired) electrons. The molecule has 0 unspecified atom stereocenters. The summed E-state index contributed by atoms with van der Waals surface area (Å²) in [5, 5.41) is 1.00. The average Bonchev–Trinajstić information content (AvgIpc) is 2.72. The fourth-order valence-corrected chi connectivity index (χ4v) is 3.04. The van der Waals surface area contributed by atoms with Crippen LogP contribution in [0.1, 0.15) is 12.0 Å². The van der Waals surface area contributed by atoms with Crippen molar-refractivity contribution in [1.29, 1.82) is 0 Å². The lowest BCUT2D eigenvalue weighted by molar-refractivity contribution is 0.311. The van der Waals surface area contributed by atoms with Gasteiger partial charge in [0, 0.05) is 23.6 Å². The summed E-state index contributed by atoms with van der Waals surface area (Å²) in [5.74, 6) is 1.02. The van der Waals surface area contributed by atoms with Crippen LogP contribution in [0.25, 0.3) is 22.4 Å². The zero-order valence-corrected chi connectivity index (χ0v) is 15.7. The second-order valence-electron chi connectivity index (χ2n) is 6.26. The number of rotatable bonds is 6. The quantitative estimate of drug-likeness (QED) is 0.501. The normalized spacial score (nSPS) is 10.9. The lowest BCUT2D eigenvalue weighted by Crippen LogP contribution is -2.10. The number of benzene rings is 1. The van der Waals surface area contributed by atoms with Gasteiger partial charge in [-0.25, -0.2) is 4.98 Å². The lowest BCUT2D eigenvalue weighted by Gasteiger charge is -2.08. The summed E-state index contributed by atoms with van der Waals surface area (Å²) in [6.07, 6.45) is 6.92. The molecule has 3 aromatic heterocycles. The van der Waals surface area contributed by atoms with Crippen LogP contribution < -0.4 is 10.3 Å². The predicted molar refractivity (Wildman–Crippen MR) is 109 cm³/mol. The molecule has 1 aromatic carbocycles. The van der Waals surface area contributed by atoms with E-state index in [0.717, 1.165) is 12.8 Å². The SMILES string of the molecule is O=c1[nH]c(-c2cc(Cl)ccn2)nc2ccc(OCCCc3ccncc3)cc12. The number of nitrogens with zero attached hydrogens (tertiary/aromatic N) is 3. The molecule has 0 fully saturated rings. The molecule has 0 saturated heterocycles. The van der Waals surface area contributed by atoms with Crippen LogP contribution in [0.3, 0.4) is 0 Å². The van der Waals surface area contributed by atoms with Crippen LogP contribution >= 0.6 is 11.6 Å². The number of ether oxygens (including phenoxy) is 1. The lowest BCUT2D eigenvalue weighted by atomic mass is 10.1. The van der Waals surface area contributed by atoms with E-state index in [-0.39, 0.29) is 5.56 Å². The van der Waals surface area contributed by atoms with Crippen LogP contribution in [0, 0.1) is 0 Å². The number of H-pyrrole nitrogens is 1. The molecule has 0 saturated carbocycles. The van der Waals surface area contributed by atoms with Gasteiger partial charge >= 0.3 is 0 Å². The number of aromatic amines is 1.